The number of hydrogen-bond donors (Lipinski definition) is 1. The van der Waals surface area contributed by atoms with Crippen molar-refractivity contribution in [1.29, 1.82) is 0 Å². The Hall–Kier alpha value is -2.86. The van der Waals surface area contributed by atoms with Crippen molar-refractivity contribution in [2.45, 2.75) is 57.5 Å². The fraction of sp³-hybridized carbons (Fsp3) is 0.394. The summed E-state index contributed by atoms with van der Waals surface area (Å²) < 4.78 is 0. The minimum absolute atomic E-state index is 0.0164. The Bertz CT molecular complexity index is 1330. The van der Waals surface area contributed by atoms with Crippen molar-refractivity contribution in [3.05, 3.63) is 105 Å². The molecule has 1 saturated heterocycles. The molecule has 0 aromatic heterocycles. The van der Waals surface area contributed by atoms with Gasteiger partial charge < -0.3 is 15.1 Å². The average molecular weight is 579 g/mol. The van der Waals surface area contributed by atoms with E-state index in [1.165, 1.54) is 5.56 Å². The number of nitrogens with one attached hydrogen (secondary N) is 1. The molecule has 3 aromatic carbocycles. The topological polar surface area (TPSA) is 52.7 Å². The highest BCUT2D eigenvalue weighted by Crippen LogP contribution is 2.34. The number of rotatable bonds is 6. The molecule has 1 unspecified atom stereocenters. The zero-order valence-corrected chi connectivity index (χ0v) is 24.7. The number of carbonyl (C=O) groups is 2. The summed E-state index contributed by atoms with van der Waals surface area (Å²) in [6, 6.07) is 22.1. The molecule has 5 nitrogen and oxygen atoms in total. The summed E-state index contributed by atoms with van der Waals surface area (Å²) in [5.74, 6) is 0.619. The average Bonchev–Trinajstić information content (AvgIpc) is 2.97. The molecule has 7 heteroatoms. The van der Waals surface area contributed by atoms with Crippen molar-refractivity contribution in [3.8, 4) is 0 Å². The van der Waals surface area contributed by atoms with Crippen LogP contribution in [-0.2, 0) is 4.79 Å². The van der Waals surface area contributed by atoms with Gasteiger partial charge in [-0.05, 0) is 80.8 Å². The Balaban J connectivity index is 1.26. The fourth-order valence-electron chi connectivity index (χ4n) is 6.24. The predicted molar refractivity (Wildman–Crippen MR) is 162 cm³/mol. The molecule has 2 amide bonds. The zero-order chi connectivity index (χ0) is 28.2. The van der Waals surface area contributed by atoms with Crippen LogP contribution in [0.1, 0.15) is 70.3 Å². The lowest BCUT2D eigenvalue weighted by atomic mass is 9.82. The second-order valence-electron chi connectivity index (χ2n) is 11.2. The van der Waals surface area contributed by atoms with E-state index < -0.39 is 0 Å². The minimum Gasteiger partial charge on any atom is -0.334 e. The van der Waals surface area contributed by atoms with Crippen LogP contribution in [0.4, 0.5) is 0 Å². The maximum absolute atomic E-state index is 13.6. The number of hydrogen-bond acceptors (Lipinski definition) is 3. The first kappa shape index (κ1) is 28.7. The lowest BCUT2D eigenvalue weighted by Gasteiger charge is -2.42. The van der Waals surface area contributed by atoms with E-state index in [1.807, 2.05) is 47.9 Å². The van der Waals surface area contributed by atoms with Crippen LogP contribution in [0.5, 0.6) is 0 Å². The van der Waals surface area contributed by atoms with Gasteiger partial charge in [0.15, 0.2) is 0 Å². The van der Waals surface area contributed by atoms with Crippen molar-refractivity contribution >= 4 is 35.0 Å². The second kappa shape index (κ2) is 12.8. The second-order valence-corrected chi connectivity index (χ2v) is 12.1. The molecule has 2 fully saturated rings. The number of halogens is 2. The Labute approximate surface area is 247 Å². The van der Waals surface area contributed by atoms with Gasteiger partial charge in [-0.15, -0.1) is 0 Å². The van der Waals surface area contributed by atoms with Gasteiger partial charge >= 0.3 is 0 Å². The van der Waals surface area contributed by atoms with Crippen LogP contribution in [-0.4, -0.2) is 53.8 Å². The lowest BCUT2D eigenvalue weighted by molar-refractivity contribution is -0.135. The fourth-order valence-corrected chi connectivity index (χ4v) is 6.55. The normalized spacial score (nSPS) is 21.4. The van der Waals surface area contributed by atoms with Gasteiger partial charge in [-0.25, -0.2) is 0 Å². The lowest BCUT2D eigenvalue weighted by Crippen LogP contribution is -2.54. The summed E-state index contributed by atoms with van der Waals surface area (Å²) in [6.45, 7) is 5.63. The maximum atomic E-state index is 13.6. The van der Waals surface area contributed by atoms with E-state index in [9.17, 15) is 9.59 Å². The number of amides is 2. The molecule has 40 heavy (non-hydrogen) atoms. The Morgan fingerprint density at radius 2 is 1.52 bits per heavy atom. The van der Waals surface area contributed by atoms with Gasteiger partial charge in [-0.1, -0.05) is 76.8 Å². The Morgan fingerprint density at radius 3 is 2.20 bits per heavy atom. The summed E-state index contributed by atoms with van der Waals surface area (Å²) in [4.78, 5) is 30.8. The summed E-state index contributed by atoms with van der Waals surface area (Å²) in [6.07, 6.45) is 4.37. The van der Waals surface area contributed by atoms with E-state index in [0.29, 0.717) is 47.2 Å². The quantitative estimate of drug-likeness (QED) is 0.345. The number of piperazine rings is 1. The highest BCUT2D eigenvalue weighted by Gasteiger charge is 2.34. The molecule has 0 bridgehead atoms. The molecule has 1 saturated carbocycles. The third-order valence-electron chi connectivity index (χ3n) is 8.33. The monoisotopic (exact) mass is 577 g/mol. The zero-order valence-electron chi connectivity index (χ0n) is 23.2. The smallest absolute Gasteiger partial charge is 0.254 e. The standard InChI is InChI=1S/C33H37Cl2N3O2/c1-22-16-23(2)18-27(17-22)33(40)37-14-15-38(31(21-37)26-10-13-29(34)30(35)19-26)32(39)20-36-28-11-8-25(9-12-28)24-6-4-3-5-7-24/h3-7,10,13,16-19,25,28,31,36H,8-9,11-12,14-15,20-21H2,1-2H3. The van der Waals surface area contributed by atoms with E-state index in [4.69, 9.17) is 23.2 Å². The number of aryl methyl sites for hydroxylation is 2. The Morgan fingerprint density at radius 1 is 0.825 bits per heavy atom. The van der Waals surface area contributed by atoms with Gasteiger partial charge in [-0.2, -0.15) is 0 Å². The Kier molecular flexibility index (Phi) is 9.14. The van der Waals surface area contributed by atoms with Gasteiger partial charge in [0.25, 0.3) is 5.91 Å². The SMILES string of the molecule is Cc1cc(C)cc(C(=O)N2CCN(C(=O)CNC3CCC(c4ccccc4)CC3)C(c3ccc(Cl)c(Cl)c3)C2)c1. The molecule has 210 valence electrons. The van der Waals surface area contributed by atoms with Crippen molar-refractivity contribution in [2.75, 3.05) is 26.2 Å². The van der Waals surface area contributed by atoms with Crippen molar-refractivity contribution in [2.24, 2.45) is 0 Å². The minimum atomic E-state index is -0.304. The van der Waals surface area contributed by atoms with Gasteiger partial charge in [0.2, 0.25) is 5.91 Å². The van der Waals surface area contributed by atoms with Crippen molar-refractivity contribution in [3.63, 3.8) is 0 Å². The van der Waals surface area contributed by atoms with E-state index >= 15 is 0 Å². The molecule has 1 atom stereocenters. The molecule has 0 radical (unpaired) electrons. The van der Waals surface area contributed by atoms with E-state index in [0.717, 1.165) is 42.4 Å². The number of nitrogens with zero attached hydrogens (tertiary/aromatic N) is 2. The van der Waals surface area contributed by atoms with Crippen LogP contribution in [0.25, 0.3) is 0 Å². The maximum Gasteiger partial charge on any atom is 0.254 e. The summed E-state index contributed by atoms with van der Waals surface area (Å²) in [5.41, 5.74) is 5.08. The van der Waals surface area contributed by atoms with Crippen molar-refractivity contribution < 1.29 is 9.59 Å². The molecule has 2 aliphatic rings. The highest BCUT2D eigenvalue weighted by atomic mass is 35.5. The summed E-state index contributed by atoms with van der Waals surface area (Å²) in [5, 5.41) is 4.45. The third-order valence-corrected chi connectivity index (χ3v) is 9.06. The van der Waals surface area contributed by atoms with Crippen LogP contribution in [0.3, 0.4) is 0 Å². The largest absolute Gasteiger partial charge is 0.334 e. The first-order valence-electron chi connectivity index (χ1n) is 14.2. The van der Waals surface area contributed by atoms with Crippen LogP contribution >= 0.6 is 23.2 Å². The molecular weight excluding hydrogens is 541 g/mol. The van der Waals surface area contributed by atoms with Gasteiger partial charge in [0.1, 0.15) is 0 Å². The molecule has 1 N–H and O–H groups in total. The van der Waals surface area contributed by atoms with Crippen LogP contribution in [0.15, 0.2) is 66.7 Å². The molecule has 1 heterocycles. The van der Waals surface area contributed by atoms with Crippen molar-refractivity contribution in [1.82, 2.24) is 15.1 Å². The molecule has 1 aliphatic heterocycles. The number of carbonyl (C=O) groups excluding carboxylic acids is 2. The summed E-state index contributed by atoms with van der Waals surface area (Å²) in [7, 11) is 0. The van der Waals surface area contributed by atoms with E-state index in [-0.39, 0.29) is 24.4 Å². The first-order valence-corrected chi connectivity index (χ1v) is 14.9. The third kappa shape index (κ3) is 6.71. The molecular formula is C33H37Cl2N3O2. The van der Waals surface area contributed by atoms with E-state index in [2.05, 4.69) is 41.7 Å². The molecule has 3 aromatic rings. The first-order chi connectivity index (χ1) is 19.3. The van der Waals surface area contributed by atoms with E-state index in [1.54, 1.807) is 6.07 Å². The van der Waals surface area contributed by atoms with Gasteiger partial charge in [0, 0.05) is 31.2 Å². The van der Waals surface area contributed by atoms with Crippen LogP contribution in [0, 0.1) is 13.8 Å². The van der Waals surface area contributed by atoms with Gasteiger partial charge in [-0.3, -0.25) is 9.59 Å². The molecule has 0 spiro atoms. The number of benzene rings is 3. The van der Waals surface area contributed by atoms with Gasteiger partial charge in [0.05, 0.1) is 22.6 Å². The molecule has 1 aliphatic carbocycles. The molecule has 5 rings (SSSR count). The van der Waals surface area contributed by atoms with Crippen LogP contribution in [0.2, 0.25) is 10.0 Å². The predicted octanol–water partition coefficient (Wildman–Crippen LogP) is 6.95. The highest BCUT2D eigenvalue weighted by molar-refractivity contribution is 6.42. The summed E-state index contributed by atoms with van der Waals surface area (Å²) >= 11 is 12.6. The van der Waals surface area contributed by atoms with Crippen LogP contribution < -0.4 is 5.32 Å².